The molecule has 0 aliphatic heterocycles. The lowest BCUT2D eigenvalue weighted by molar-refractivity contribution is -0.142. The first kappa shape index (κ1) is 29.6. The maximum absolute atomic E-state index is 12.3. The van der Waals surface area contributed by atoms with Gasteiger partial charge in [0.25, 0.3) is 0 Å². The number of carbonyl (C=O) groups excluding carboxylic acids is 1. The average Bonchev–Trinajstić information content (AvgIpc) is 2.77. The van der Waals surface area contributed by atoms with E-state index in [2.05, 4.69) is 11.1 Å². The van der Waals surface area contributed by atoms with Crippen LogP contribution in [0.25, 0.3) is 0 Å². The van der Waals surface area contributed by atoms with E-state index in [0.717, 1.165) is 19.3 Å². The quantitative estimate of drug-likeness (QED) is 0.0910. The minimum Gasteiger partial charge on any atom is -0.425 e. The van der Waals surface area contributed by atoms with Crippen molar-refractivity contribution in [2.45, 2.75) is 123 Å². The molecule has 0 spiro atoms. The highest BCUT2D eigenvalue weighted by Gasteiger charge is 2.26. The van der Waals surface area contributed by atoms with Crippen molar-refractivity contribution in [2.75, 3.05) is 0 Å². The number of hydrogen-bond acceptors (Lipinski definition) is 5. The predicted octanol–water partition coefficient (Wildman–Crippen LogP) is 7.21. The van der Waals surface area contributed by atoms with Gasteiger partial charge in [0.1, 0.15) is 5.75 Å². The Bertz CT molecular complexity index is 730. The Morgan fingerprint density at radius 2 is 1.27 bits per heavy atom. The van der Waals surface area contributed by atoms with Gasteiger partial charge in [0, 0.05) is 0 Å². The van der Waals surface area contributed by atoms with Crippen LogP contribution in [0.2, 0.25) is 0 Å². The van der Waals surface area contributed by atoms with Crippen LogP contribution in [0.15, 0.2) is 24.3 Å². The second-order valence-electron chi connectivity index (χ2n) is 8.86. The van der Waals surface area contributed by atoms with Gasteiger partial charge in [-0.15, -0.1) is 0 Å². The molecule has 7 heteroatoms. The molecule has 0 heterocycles. The summed E-state index contributed by atoms with van der Waals surface area (Å²) in [6, 6.07) is 7.26. The van der Waals surface area contributed by atoms with E-state index >= 15 is 0 Å². The van der Waals surface area contributed by atoms with Crippen LogP contribution in [0.3, 0.4) is 0 Å². The van der Waals surface area contributed by atoms with Crippen LogP contribution < -0.4 is 4.74 Å². The first-order valence-corrected chi connectivity index (χ1v) is 14.2. The largest absolute Gasteiger partial charge is 0.425 e. The second-order valence-corrected chi connectivity index (χ2v) is 9.91. The molecule has 0 amide bonds. The van der Waals surface area contributed by atoms with Gasteiger partial charge in [-0.25, -0.2) is 8.98 Å². The molecule has 0 aliphatic carbocycles. The minimum atomic E-state index is -4.73. The Hall–Kier alpha value is -1.44. The van der Waals surface area contributed by atoms with Crippen LogP contribution in [0.4, 0.5) is 0 Å². The SMILES string of the molecule is CCCCCCCCCCCCCCc1ccc(OC(=O)C(CCCC)OS(=O)(=O)O)cc1. The number of carbonyl (C=O) groups is 1. The molecule has 190 valence electrons. The van der Waals surface area contributed by atoms with Gasteiger partial charge in [0.2, 0.25) is 0 Å². The van der Waals surface area contributed by atoms with Crippen molar-refractivity contribution in [2.24, 2.45) is 0 Å². The highest BCUT2D eigenvalue weighted by molar-refractivity contribution is 7.80. The van der Waals surface area contributed by atoms with E-state index in [9.17, 15) is 13.2 Å². The summed E-state index contributed by atoms with van der Waals surface area (Å²) in [6.07, 6.45) is 17.0. The topological polar surface area (TPSA) is 89.9 Å². The fourth-order valence-electron chi connectivity index (χ4n) is 3.82. The van der Waals surface area contributed by atoms with Crippen molar-refractivity contribution in [1.29, 1.82) is 0 Å². The summed E-state index contributed by atoms with van der Waals surface area (Å²) in [4.78, 5) is 12.3. The van der Waals surface area contributed by atoms with Gasteiger partial charge in [0.15, 0.2) is 6.10 Å². The molecule has 1 N–H and O–H groups in total. The van der Waals surface area contributed by atoms with Gasteiger partial charge >= 0.3 is 16.4 Å². The molecule has 1 aromatic rings. The van der Waals surface area contributed by atoms with Gasteiger partial charge in [-0.05, 0) is 37.0 Å². The molecule has 0 fully saturated rings. The van der Waals surface area contributed by atoms with Crippen LogP contribution in [0, 0.1) is 0 Å². The number of esters is 1. The molecule has 0 aromatic heterocycles. The first-order chi connectivity index (χ1) is 15.9. The van der Waals surface area contributed by atoms with Crippen LogP contribution in [-0.4, -0.2) is 25.0 Å². The zero-order valence-corrected chi connectivity index (χ0v) is 21.4. The van der Waals surface area contributed by atoms with E-state index in [0.29, 0.717) is 12.2 Å². The van der Waals surface area contributed by atoms with Crippen molar-refractivity contribution in [3.05, 3.63) is 29.8 Å². The Labute approximate surface area is 201 Å². The molecule has 1 rings (SSSR count). The molecule has 0 radical (unpaired) electrons. The Balaban J connectivity index is 2.23. The molecular weight excluding hydrogens is 440 g/mol. The van der Waals surface area contributed by atoms with Crippen LogP contribution in [0.5, 0.6) is 5.75 Å². The van der Waals surface area contributed by atoms with Crippen molar-refractivity contribution < 1.29 is 26.7 Å². The normalized spacial score (nSPS) is 12.6. The van der Waals surface area contributed by atoms with Crippen LogP contribution >= 0.6 is 0 Å². The average molecular weight is 485 g/mol. The summed E-state index contributed by atoms with van der Waals surface area (Å²) >= 11 is 0. The molecule has 6 nitrogen and oxygen atoms in total. The second kappa shape index (κ2) is 18.0. The Morgan fingerprint density at radius 3 is 1.76 bits per heavy atom. The van der Waals surface area contributed by atoms with Gasteiger partial charge in [-0.3, -0.25) is 4.55 Å². The number of unbranched alkanes of at least 4 members (excludes halogenated alkanes) is 12. The number of hydrogen-bond donors (Lipinski definition) is 1. The molecule has 33 heavy (non-hydrogen) atoms. The molecule has 1 atom stereocenters. The van der Waals surface area contributed by atoms with Crippen LogP contribution in [-0.2, 0) is 25.8 Å². The minimum absolute atomic E-state index is 0.159. The fraction of sp³-hybridized carbons (Fsp3) is 0.731. The molecule has 0 bridgehead atoms. The summed E-state index contributed by atoms with van der Waals surface area (Å²) < 4.78 is 40.6. The maximum atomic E-state index is 12.3. The summed E-state index contributed by atoms with van der Waals surface area (Å²) in [5, 5.41) is 0. The van der Waals surface area contributed by atoms with Crippen molar-refractivity contribution in [3.8, 4) is 5.75 Å². The van der Waals surface area contributed by atoms with E-state index in [1.165, 1.54) is 76.2 Å². The first-order valence-electron chi connectivity index (χ1n) is 12.8. The lowest BCUT2D eigenvalue weighted by Gasteiger charge is -2.14. The maximum Gasteiger partial charge on any atom is 0.398 e. The Kier molecular flexibility index (Phi) is 16.1. The molecule has 0 saturated carbocycles. The highest BCUT2D eigenvalue weighted by atomic mass is 32.3. The third-order valence-electron chi connectivity index (χ3n) is 5.78. The molecule has 0 saturated heterocycles. The number of benzene rings is 1. The lowest BCUT2D eigenvalue weighted by atomic mass is 10.0. The van der Waals surface area contributed by atoms with E-state index in [-0.39, 0.29) is 6.42 Å². The van der Waals surface area contributed by atoms with Gasteiger partial charge < -0.3 is 4.74 Å². The van der Waals surface area contributed by atoms with Gasteiger partial charge in [-0.2, -0.15) is 8.42 Å². The highest BCUT2D eigenvalue weighted by Crippen LogP contribution is 2.18. The molecule has 1 unspecified atom stereocenters. The van der Waals surface area contributed by atoms with Gasteiger partial charge in [0.05, 0.1) is 0 Å². The fourth-order valence-corrected chi connectivity index (χ4v) is 4.29. The molecule has 1 aromatic carbocycles. The zero-order valence-electron chi connectivity index (χ0n) is 20.6. The summed E-state index contributed by atoms with van der Waals surface area (Å²) in [7, 11) is -4.73. The smallest absolute Gasteiger partial charge is 0.398 e. The Morgan fingerprint density at radius 1 is 0.788 bits per heavy atom. The van der Waals surface area contributed by atoms with Crippen molar-refractivity contribution >= 4 is 16.4 Å². The van der Waals surface area contributed by atoms with Crippen molar-refractivity contribution in [1.82, 2.24) is 0 Å². The monoisotopic (exact) mass is 484 g/mol. The van der Waals surface area contributed by atoms with E-state index in [4.69, 9.17) is 9.29 Å². The lowest BCUT2D eigenvalue weighted by Crippen LogP contribution is -2.31. The van der Waals surface area contributed by atoms with Crippen molar-refractivity contribution in [3.63, 3.8) is 0 Å². The number of ether oxygens (including phenoxy) is 1. The predicted molar refractivity (Wildman–Crippen MR) is 133 cm³/mol. The number of aryl methyl sites for hydroxylation is 1. The van der Waals surface area contributed by atoms with Gasteiger partial charge in [-0.1, -0.05) is 109 Å². The third kappa shape index (κ3) is 15.9. The molecule has 0 aliphatic rings. The molecular formula is C26H44O6S. The summed E-state index contributed by atoms with van der Waals surface area (Å²) in [6.45, 7) is 4.16. The summed E-state index contributed by atoms with van der Waals surface area (Å²) in [5.41, 5.74) is 1.18. The van der Waals surface area contributed by atoms with E-state index in [1.54, 1.807) is 12.1 Å². The summed E-state index contributed by atoms with van der Waals surface area (Å²) in [5.74, 6) is -0.492. The standard InChI is InChI=1S/C26H44O6S/c1-3-5-7-8-9-10-11-12-13-14-15-16-17-23-19-21-24(22-20-23)31-26(27)25(18-6-4-2)32-33(28,29)30/h19-22,25H,3-18H2,1-2H3,(H,28,29,30). The number of rotatable bonds is 20. The van der Waals surface area contributed by atoms with E-state index in [1.807, 2.05) is 19.1 Å². The van der Waals surface area contributed by atoms with E-state index < -0.39 is 22.5 Å². The zero-order chi connectivity index (χ0) is 24.4. The third-order valence-corrected chi connectivity index (χ3v) is 6.26. The van der Waals surface area contributed by atoms with Crippen LogP contribution in [0.1, 0.15) is 116 Å².